The molecule has 35 heavy (non-hydrogen) atoms. The zero-order valence-corrected chi connectivity index (χ0v) is 20.4. The SMILES string of the molecule is Cc1[nH]c(=O)c(C#N)cc1-c1ccc(OCC(O)CN2CCN(c3ccccc3)CC2)cc1.Cl.O. The van der Waals surface area contributed by atoms with Crippen LogP contribution in [0.1, 0.15) is 11.3 Å². The number of H-pyrrole nitrogens is 1. The highest BCUT2D eigenvalue weighted by molar-refractivity contribution is 5.85. The number of hydrogen-bond acceptors (Lipinski definition) is 6. The fourth-order valence-electron chi connectivity index (χ4n) is 4.11. The minimum atomic E-state index is -0.576. The molecule has 4 rings (SSSR count). The summed E-state index contributed by atoms with van der Waals surface area (Å²) in [5, 5.41) is 19.6. The molecule has 3 aromatic rings. The molecule has 186 valence electrons. The number of piperazine rings is 1. The van der Waals surface area contributed by atoms with Crippen molar-refractivity contribution in [2.24, 2.45) is 0 Å². The van der Waals surface area contributed by atoms with Gasteiger partial charge in [-0.05, 0) is 42.8 Å². The first-order valence-corrected chi connectivity index (χ1v) is 11.1. The summed E-state index contributed by atoms with van der Waals surface area (Å²) in [5.41, 5.74) is 3.33. The molecule has 2 heterocycles. The lowest BCUT2D eigenvalue weighted by molar-refractivity contribution is 0.0663. The largest absolute Gasteiger partial charge is 0.491 e. The Hall–Kier alpha value is -3.35. The first kappa shape index (κ1) is 27.9. The van der Waals surface area contributed by atoms with Gasteiger partial charge in [-0.2, -0.15) is 5.26 Å². The summed E-state index contributed by atoms with van der Waals surface area (Å²) >= 11 is 0. The average Bonchev–Trinajstić information content (AvgIpc) is 2.84. The molecule has 1 saturated heterocycles. The maximum absolute atomic E-state index is 11.8. The third-order valence-corrected chi connectivity index (χ3v) is 5.93. The van der Waals surface area contributed by atoms with Gasteiger partial charge in [0.15, 0.2) is 0 Å². The molecule has 0 aliphatic carbocycles. The van der Waals surface area contributed by atoms with Gasteiger partial charge in [0.2, 0.25) is 0 Å². The number of benzene rings is 2. The van der Waals surface area contributed by atoms with Crippen molar-refractivity contribution in [1.29, 1.82) is 5.26 Å². The first-order chi connectivity index (χ1) is 16.0. The fraction of sp³-hybridized carbons (Fsp3) is 0.308. The van der Waals surface area contributed by atoms with Gasteiger partial charge < -0.3 is 25.2 Å². The predicted octanol–water partition coefficient (Wildman–Crippen LogP) is 2.38. The summed E-state index contributed by atoms with van der Waals surface area (Å²) in [4.78, 5) is 19.1. The second-order valence-corrected chi connectivity index (χ2v) is 8.28. The molecule has 0 spiro atoms. The van der Waals surface area contributed by atoms with Crippen LogP contribution in [0.25, 0.3) is 11.1 Å². The smallest absolute Gasteiger partial charge is 0.266 e. The number of aromatic amines is 1. The molecule has 2 aromatic carbocycles. The number of halogens is 1. The predicted molar refractivity (Wildman–Crippen MR) is 139 cm³/mol. The van der Waals surface area contributed by atoms with Crippen LogP contribution in [-0.4, -0.2) is 65.9 Å². The van der Waals surface area contributed by atoms with Crippen LogP contribution in [0.5, 0.6) is 5.75 Å². The monoisotopic (exact) mass is 498 g/mol. The van der Waals surface area contributed by atoms with Crippen molar-refractivity contribution in [3.63, 3.8) is 0 Å². The molecule has 0 saturated carbocycles. The lowest BCUT2D eigenvalue weighted by atomic mass is 10.0. The average molecular weight is 499 g/mol. The van der Waals surface area contributed by atoms with Crippen molar-refractivity contribution in [1.82, 2.24) is 9.88 Å². The van der Waals surface area contributed by atoms with Gasteiger partial charge in [0.05, 0.1) is 0 Å². The quantitative estimate of drug-likeness (QED) is 0.515. The van der Waals surface area contributed by atoms with Crippen LogP contribution in [0.4, 0.5) is 5.69 Å². The van der Waals surface area contributed by atoms with E-state index in [4.69, 9.17) is 10.00 Å². The van der Waals surface area contributed by atoms with Gasteiger partial charge in [-0.25, -0.2) is 0 Å². The maximum Gasteiger partial charge on any atom is 0.266 e. The number of nitrogens with one attached hydrogen (secondary N) is 1. The summed E-state index contributed by atoms with van der Waals surface area (Å²) in [6.45, 7) is 6.29. The van der Waals surface area contributed by atoms with Crippen LogP contribution < -0.4 is 15.2 Å². The third kappa shape index (κ3) is 7.07. The van der Waals surface area contributed by atoms with Gasteiger partial charge in [-0.15, -0.1) is 12.4 Å². The highest BCUT2D eigenvalue weighted by Gasteiger charge is 2.19. The van der Waals surface area contributed by atoms with E-state index in [0.29, 0.717) is 18.0 Å². The summed E-state index contributed by atoms with van der Waals surface area (Å²) in [7, 11) is 0. The van der Waals surface area contributed by atoms with Crippen LogP contribution >= 0.6 is 12.4 Å². The molecule has 0 bridgehead atoms. The summed E-state index contributed by atoms with van der Waals surface area (Å²) in [5.74, 6) is 0.661. The van der Waals surface area contributed by atoms with Crippen LogP contribution in [-0.2, 0) is 0 Å². The van der Waals surface area contributed by atoms with Gasteiger partial charge in [-0.1, -0.05) is 30.3 Å². The second kappa shape index (κ2) is 12.9. The van der Waals surface area contributed by atoms with Crippen molar-refractivity contribution in [3.8, 4) is 22.9 Å². The summed E-state index contributed by atoms with van der Waals surface area (Å²) in [6.07, 6.45) is -0.576. The number of anilines is 1. The Morgan fingerprint density at radius 1 is 1.09 bits per heavy atom. The number of β-amino-alcohol motifs (C(OH)–C–C–N with tert-alkyl or cyclic N) is 1. The number of nitriles is 1. The number of nitrogens with zero attached hydrogens (tertiary/aromatic N) is 3. The molecule has 4 N–H and O–H groups in total. The van der Waals surface area contributed by atoms with Gasteiger partial charge in [0, 0.05) is 49.7 Å². The van der Waals surface area contributed by atoms with Gasteiger partial charge in [0.25, 0.3) is 5.56 Å². The Bertz CT molecular complexity index is 1170. The zero-order valence-electron chi connectivity index (χ0n) is 19.6. The van der Waals surface area contributed by atoms with Crippen LogP contribution in [0.2, 0.25) is 0 Å². The summed E-state index contributed by atoms with van der Waals surface area (Å²) < 4.78 is 5.79. The van der Waals surface area contributed by atoms with Gasteiger partial charge in [-0.3, -0.25) is 9.69 Å². The molecule has 8 nitrogen and oxygen atoms in total. The number of aliphatic hydroxyl groups excluding tert-OH is 1. The Balaban J connectivity index is 0.00000216. The minimum absolute atomic E-state index is 0. The topological polar surface area (TPSA) is 124 Å². The molecular formula is C26H31ClN4O4. The first-order valence-electron chi connectivity index (χ1n) is 11.1. The van der Waals surface area contributed by atoms with E-state index >= 15 is 0 Å². The Morgan fingerprint density at radius 3 is 2.37 bits per heavy atom. The number of aryl methyl sites for hydroxylation is 1. The van der Waals surface area contributed by atoms with Gasteiger partial charge in [0.1, 0.15) is 30.1 Å². The van der Waals surface area contributed by atoms with E-state index in [-0.39, 0.29) is 35.6 Å². The van der Waals surface area contributed by atoms with E-state index in [9.17, 15) is 9.90 Å². The molecule has 1 unspecified atom stereocenters. The van der Waals surface area contributed by atoms with Crippen molar-refractivity contribution < 1.29 is 15.3 Å². The number of aromatic nitrogens is 1. The van der Waals surface area contributed by atoms with Crippen LogP contribution in [0, 0.1) is 18.3 Å². The lowest BCUT2D eigenvalue weighted by Crippen LogP contribution is -2.49. The van der Waals surface area contributed by atoms with Crippen LogP contribution in [0.15, 0.2) is 65.5 Å². The van der Waals surface area contributed by atoms with Gasteiger partial charge >= 0.3 is 0 Å². The summed E-state index contributed by atoms with van der Waals surface area (Å²) in [6, 6.07) is 21.3. The molecule has 9 heteroatoms. The molecule has 1 fully saturated rings. The number of aliphatic hydroxyl groups is 1. The molecular weight excluding hydrogens is 468 g/mol. The van der Waals surface area contributed by atoms with Crippen molar-refractivity contribution in [3.05, 3.63) is 82.3 Å². The molecule has 1 aliphatic rings. The van der Waals surface area contributed by atoms with Crippen molar-refractivity contribution >= 4 is 18.1 Å². The number of para-hydroxylation sites is 1. The van der Waals surface area contributed by atoms with E-state index in [1.165, 1.54) is 5.69 Å². The van der Waals surface area contributed by atoms with E-state index in [1.54, 1.807) is 13.0 Å². The highest BCUT2D eigenvalue weighted by atomic mass is 35.5. The lowest BCUT2D eigenvalue weighted by Gasteiger charge is -2.36. The molecule has 1 atom stereocenters. The second-order valence-electron chi connectivity index (χ2n) is 8.28. The number of rotatable bonds is 7. The fourth-order valence-corrected chi connectivity index (χ4v) is 4.11. The molecule has 1 aliphatic heterocycles. The maximum atomic E-state index is 11.8. The van der Waals surface area contributed by atoms with Crippen molar-refractivity contribution in [2.75, 3.05) is 44.2 Å². The van der Waals surface area contributed by atoms with E-state index < -0.39 is 6.10 Å². The standard InChI is InChI=1S/C26H28N4O3.ClH.H2O/c1-19-25(15-21(16-27)26(32)28-19)20-7-9-24(10-8-20)33-18-23(31)17-29-11-13-30(14-12-29)22-5-3-2-4-6-22;;/h2-10,15,23,31H,11-14,17-18H2,1H3,(H,28,32);1H;1H2. The molecule has 0 amide bonds. The van der Waals surface area contributed by atoms with E-state index in [1.807, 2.05) is 36.4 Å². The third-order valence-electron chi connectivity index (χ3n) is 5.93. The molecule has 1 aromatic heterocycles. The van der Waals surface area contributed by atoms with E-state index in [2.05, 4.69) is 39.0 Å². The Morgan fingerprint density at radius 2 is 1.74 bits per heavy atom. The van der Waals surface area contributed by atoms with Crippen LogP contribution in [0.3, 0.4) is 0 Å². The minimum Gasteiger partial charge on any atom is -0.491 e. The van der Waals surface area contributed by atoms with E-state index in [0.717, 1.165) is 37.3 Å². The Labute approximate surface area is 211 Å². The number of ether oxygens (including phenoxy) is 1. The van der Waals surface area contributed by atoms with Crippen molar-refractivity contribution in [2.45, 2.75) is 13.0 Å². The number of pyridine rings is 1. The molecule has 0 radical (unpaired) electrons. The Kier molecular flexibility index (Phi) is 10.3. The number of hydrogen-bond donors (Lipinski definition) is 2. The normalized spacial score (nSPS) is 14.3. The highest BCUT2D eigenvalue weighted by Crippen LogP contribution is 2.24. The zero-order chi connectivity index (χ0) is 23.2.